The van der Waals surface area contributed by atoms with Gasteiger partial charge >= 0.3 is 0 Å². The van der Waals surface area contributed by atoms with E-state index in [9.17, 15) is 0 Å². The standard InChI is InChI=1S/C22H27N5O2S/c1-5-13-26-21(18-8-11-23-12-9-18)24-27(22(26)30)16-25(2)14-10-17-6-7-19(28-3)20(15-17)29-4/h5-9,11-12,15H,1,10,13-14,16H2,2-4H3. The van der Waals surface area contributed by atoms with Crippen LogP contribution in [0.15, 0.2) is 55.4 Å². The van der Waals surface area contributed by atoms with E-state index < -0.39 is 0 Å². The van der Waals surface area contributed by atoms with Crippen molar-refractivity contribution in [1.29, 1.82) is 0 Å². The first-order valence-electron chi connectivity index (χ1n) is 9.65. The van der Waals surface area contributed by atoms with Crippen LogP contribution in [-0.2, 0) is 19.6 Å². The zero-order valence-electron chi connectivity index (χ0n) is 17.6. The Labute approximate surface area is 182 Å². The van der Waals surface area contributed by atoms with E-state index in [1.165, 1.54) is 5.56 Å². The second-order valence-electron chi connectivity index (χ2n) is 6.90. The molecule has 1 aromatic carbocycles. The molecule has 0 spiro atoms. The van der Waals surface area contributed by atoms with E-state index in [4.69, 9.17) is 26.8 Å². The smallest absolute Gasteiger partial charge is 0.199 e. The van der Waals surface area contributed by atoms with Crippen LogP contribution < -0.4 is 9.47 Å². The van der Waals surface area contributed by atoms with Crippen molar-refractivity contribution >= 4 is 12.2 Å². The van der Waals surface area contributed by atoms with Gasteiger partial charge in [-0.15, -0.1) is 6.58 Å². The van der Waals surface area contributed by atoms with Crippen LogP contribution in [-0.4, -0.2) is 52.0 Å². The van der Waals surface area contributed by atoms with Gasteiger partial charge < -0.3 is 9.47 Å². The molecule has 0 radical (unpaired) electrons. The Kier molecular flexibility index (Phi) is 7.37. The maximum atomic E-state index is 5.68. The van der Waals surface area contributed by atoms with Gasteiger partial charge in [0.15, 0.2) is 22.1 Å². The quantitative estimate of drug-likeness (QED) is 0.364. The molecule has 0 saturated carbocycles. The fraction of sp³-hybridized carbons (Fsp3) is 0.318. The Balaban J connectivity index is 1.73. The van der Waals surface area contributed by atoms with Gasteiger partial charge in [0.05, 0.1) is 20.9 Å². The fourth-order valence-electron chi connectivity index (χ4n) is 3.20. The minimum absolute atomic E-state index is 0.592. The molecule has 0 amide bonds. The molecule has 0 N–H and O–H groups in total. The molecule has 0 atom stereocenters. The first-order valence-corrected chi connectivity index (χ1v) is 10.1. The molecule has 0 unspecified atom stereocenters. The second-order valence-corrected chi connectivity index (χ2v) is 7.27. The van der Waals surface area contributed by atoms with Crippen LogP contribution in [0.25, 0.3) is 11.4 Å². The van der Waals surface area contributed by atoms with E-state index in [-0.39, 0.29) is 0 Å². The van der Waals surface area contributed by atoms with Crippen molar-refractivity contribution in [2.45, 2.75) is 19.6 Å². The molecule has 0 saturated heterocycles. The summed E-state index contributed by atoms with van der Waals surface area (Å²) in [6, 6.07) is 9.87. The van der Waals surface area contributed by atoms with E-state index in [0.717, 1.165) is 35.9 Å². The van der Waals surface area contributed by atoms with E-state index >= 15 is 0 Å². The number of allylic oxidation sites excluding steroid dienone is 1. The molecule has 2 heterocycles. The summed E-state index contributed by atoms with van der Waals surface area (Å²) >= 11 is 5.68. The predicted molar refractivity (Wildman–Crippen MR) is 120 cm³/mol. The molecular weight excluding hydrogens is 398 g/mol. The molecule has 158 valence electrons. The lowest BCUT2D eigenvalue weighted by molar-refractivity contribution is 0.254. The number of nitrogens with zero attached hydrogens (tertiary/aromatic N) is 5. The maximum Gasteiger partial charge on any atom is 0.199 e. The molecule has 8 heteroatoms. The number of pyridine rings is 1. The highest BCUT2D eigenvalue weighted by atomic mass is 32.1. The van der Waals surface area contributed by atoms with Crippen molar-refractivity contribution < 1.29 is 9.47 Å². The van der Waals surface area contributed by atoms with E-state index in [1.54, 1.807) is 26.6 Å². The van der Waals surface area contributed by atoms with Crippen LogP contribution in [0.5, 0.6) is 11.5 Å². The molecule has 2 aromatic heterocycles. The SMILES string of the molecule is C=CCn1c(-c2ccncc2)nn(CN(C)CCc2ccc(OC)c(OC)c2)c1=S. The van der Waals surface area contributed by atoms with Crippen molar-refractivity contribution in [1.82, 2.24) is 24.2 Å². The van der Waals surface area contributed by atoms with Gasteiger partial charge in [0, 0.05) is 31.0 Å². The van der Waals surface area contributed by atoms with Crippen molar-refractivity contribution in [2.75, 3.05) is 27.8 Å². The molecule has 7 nitrogen and oxygen atoms in total. The number of rotatable bonds is 10. The molecular formula is C22H27N5O2S. The highest BCUT2D eigenvalue weighted by molar-refractivity contribution is 7.71. The summed E-state index contributed by atoms with van der Waals surface area (Å²) in [5.41, 5.74) is 2.16. The maximum absolute atomic E-state index is 5.68. The van der Waals surface area contributed by atoms with Gasteiger partial charge in [-0.2, -0.15) is 5.10 Å². The van der Waals surface area contributed by atoms with E-state index in [2.05, 4.69) is 29.6 Å². The number of benzene rings is 1. The Hall–Kier alpha value is -2.97. The van der Waals surface area contributed by atoms with Gasteiger partial charge in [-0.05, 0) is 55.5 Å². The molecule has 3 aromatic rings. The highest BCUT2D eigenvalue weighted by Gasteiger charge is 2.13. The number of aromatic nitrogens is 4. The monoisotopic (exact) mass is 425 g/mol. The summed E-state index contributed by atoms with van der Waals surface area (Å²) in [4.78, 5) is 6.27. The van der Waals surface area contributed by atoms with Crippen LogP contribution in [0.3, 0.4) is 0 Å². The largest absolute Gasteiger partial charge is 0.493 e. The number of methoxy groups -OCH3 is 2. The van der Waals surface area contributed by atoms with Crippen LogP contribution in [0, 0.1) is 4.77 Å². The molecule has 3 rings (SSSR count). The van der Waals surface area contributed by atoms with Gasteiger partial charge in [-0.25, -0.2) is 4.68 Å². The number of ether oxygens (including phenoxy) is 2. The van der Waals surface area contributed by atoms with Crippen LogP contribution in [0.1, 0.15) is 5.56 Å². The lowest BCUT2D eigenvalue weighted by atomic mass is 10.1. The summed E-state index contributed by atoms with van der Waals surface area (Å²) in [6.07, 6.45) is 6.21. The zero-order chi connectivity index (χ0) is 21.5. The lowest BCUT2D eigenvalue weighted by Gasteiger charge is -2.17. The number of hydrogen-bond donors (Lipinski definition) is 0. The van der Waals surface area contributed by atoms with Gasteiger partial charge in [0.1, 0.15) is 0 Å². The van der Waals surface area contributed by atoms with Gasteiger partial charge in [-0.1, -0.05) is 12.1 Å². The molecule has 0 bridgehead atoms. The molecule has 0 fully saturated rings. The van der Waals surface area contributed by atoms with Crippen molar-refractivity contribution in [3.8, 4) is 22.9 Å². The summed E-state index contributed by atoms with van der Waals surface area (Å²) in [5, 5.41) is 4.77. The molecule has 30 heavy (non-hydrogen) atoms. The third-order valence-electron chi connectivity index (χ3n) is 4.78. The number of hydrogen-bond acceptors (Lipinski definition) is 6. The van der Waals surface area contributed by atoms with Crippen LogP contribution in [0.4, 0.5) is 0 Å². The normalized spacial score (nSPS) is 10.9. The Morgan fingerprint density at radius 2 is 1.87 bits per heavy atom. The van der Waals surface area contributed by atoms with E-state index in [1.807, 2.05) is 39.6 Å². The third kappa shape index (κ3) is 4.95. The Bertz CT molecular complexity index is 1050. The average molecular weight is 426 g/mol. The Morgan fingerprint density at radius 3 is 2.53 bits per heavy atom. The first kappa shape index (κ1) is 21.7. The second kappa shape index (κ2) is 10.2. The number of likely N-dealkylation sites (N-methyl/N-ethyl adjacent to an activating group) is 1. The zero-order valence-corrected chi connectivity index (χ0v) is 18.4. The van der Waals surface area contributed by atoms with Crippen molar-refractivity contribution in [3.05, 3.63) is 65.7 Å². The topological polar surface area (TPSA) is 57.3 Å². The molecule has 0 aliphatic heterocycles. The van der Waals surface area contributed by atoms with Gasteiger partial charge in [0.25, 0.3) is 0 Å². The summed E-state index contributed by atoms with van der Waals surface area (Å²) in [5.74, 6) is 2.29. The van der Waals surface area contributed by atoms with Gasteiger partial charge in [0.2, 0.25) is 0 Å². The highest BCUT2D eigenvalue weighted by Crippen LogP contribution is 2.27. The lowest BCUT2D eigenvalue weighted by Crippen LogP contribution is -2.25. The van der Waals surface area contributed by atoms with Crippen molar-refractivity contribution in [3.63, 3.8) is 0 Å². The third-order valence-corrected chi connectivity index (χ3v) is 5.21. The molecule has 0 aliphatic rings. The first-order chi connectivity index (χ1) is 14.6. The fourth-order valence-corrected chi connectivity index (χ4v) is 3.46. The molecule has 0 aliphatic carbocycles. The minimum Gasteiger partial charge on any atom is -0.493 e. The van der Waals surface area contributed by atoms with Crippen LogP contribution in [0.2, 0.25) is 0 Å². The Morgan fingerprint density at radius 1 is 1.13 bits per heavy atom. The summed E-state index contributed by atoms with van der Waals surface area (Å²) < 4.78 is 15.2. The minimum atomic E-state index is 0.592. The summed E-state index contributed by atoms with van der Waals surface area (Å²) in [6.45, 7) is 5.88. The predicted octanol–water partition coefficient (Wildman–Crippen LogP) is 3.81. The van der Waals surface area contributed by atoms with Gasteiger partial charge in [-0.3, -0.25) is 14.5 Å². The summed E-state index contributed by atoms with van der Waals surface area (Å²) in [7, 11) is 5.34. The average Bonchev–Trinajstić information content (AvgIpc) is 3.08. The van der Waals surface area contributed by atoms with Crippen molar-refractivity contribution in [2.24, 2.45) is 0 Å². The van der Waals surface area contributed by atoms with Crippen LogP contribution >= 0.6 is 12.2 Å². The van der Waals surface area contributed by atoms with E-state index in [0.29, 0.717) is 18.0 Å².